The number of hydrogen-bond donors (Lipinski definition) is 2. The van der Waals surface area contributed by atoms with E-state index in [1.165, 1.54) is 0 Å². The van der Waals surface area contributed by atoms with E-state index >= 15 is 0 Å². The summed E-state index contributed by atoms with van der Waals surface area (Å²) in [5, 5.41) is 1.82. The lowest BCUT2D eigenvalue weighted by molar-refractivity contribution is -0.201. The van der Waals surface area contributed by atoms with Crippen molar-refractivity contribution in [3.63, 3.8) is 0 Å². The van der Waals surface area contributed by atoms with Crippen LogP contribution in [0.4, 0.5) is 35.1 Å². The average molecular weight is 688 g/mol. The van der Waals surface area contributed by atoms with Gasteiger partial charge < -0.3 is 14.8 Å². The van der Waals surface area contributed by atoms with Crippen molar-refractivity contribution < 1.29 is 62.6 Å². The number of amides is 2. The van der Waals surface area contributed by atoms with Crippen molar-refractivity contribution in [3.05, 3.63) is 65.2 Å². The highest BCUT2D eigenvalue weighted by Crippen LogP contribution is 2.48. The minimum absolute atomic E-state index is 0.00909. The van der Waals surface area contributed by atoms with Crippen LogP contribution in [0.25, 0.3) is 5.57 Å². The van der Waals surface area contributed by atoms with E-state index in [4.69, 9.17) is 4.74 Å². The van der Waals surface area contributed by atoms with E-state index in [1.807, 2.05) is 5.32 Å². The number of rotatable bonds is 13. The Bertz CT molecular complexity index is 1530. The number of halogens is 8. The molecule has 2 aromatic carbocycles. The number of carbonyl (C=O) groups is 2. The Morgan fingerprint density at radius 2 is 1.54 bits per heavy atom. The quantitative estimate of drug-likeness (QED) is 0.165. The monoisotopic (exact) mass is 687 g/mol. The van der Waals surface area contributed by atoms with Gasteiger partial charge in [-0.3, -0.25) is 9.59 Å². The molecule has 0 fully saturated rings. The topological polar surface area (TPSA) is 114 Å². The fraction of sp³-hybridized carbons (Fsp3) is 0.429. The predicted molar refractivity (Wildman–Crippen MR) is 148 cm³/mol. The zero-order valence-corrected chi connectivity index (χ0v) is 25.1. The Labute approximate surface area is 258 Å². The molecule has 0 saturated heterocycles. The van der Waals surface area contributed by atoms with Crippen LogP contribution in [0.2, 0.25) is 0 Å². The Balaban J connectivity index is 1.99. The third kappa shape index (κ3) is 9.08. The Kier molecular flexibility index (Phi) is 11.3. The number of hydrogen-bond acceptors (Lipinski definition) is 6. The Morgan fingerprint density at radius 1 is 0.957 bits per heavy atom. The van der Waals surface area contributed by atoms with Gasteiger partial charge in [-0.2, -0.15) is 47.8 Å². The van der Waals surface area contributed by atoms with Gasteiger partial charge in [-0.15, -0.1) is 0 Å². The van der Waals surface area contributed by atoms with Gasteiger partial charge in [0.1, 0.15) is 17.1 Å². The number of alkyl halides is 8. The van der Waals surface area contributed by atoms with Crippen LogP contribution in [0.5, 0.6) is 11.5 Å². The lowest BCUT2D eigenvalue weighted by atomic mass is 9.76. The van der Waals surface area contributed by atoms with E-state index in [1.54, 1.807) is 4.72 Å². The minimum Gasteiger partial charge on any atom is -0.494 e. The fourth-order valence-corrected chi connectivity index (χ4v) is 5.03. The molecule has 46 heavy (non-hydrogen) atoms. The first-order chi connectivity index (χ1) is 21.3. The molecule has 2 aromatic rings. The molecule has 2 N–H and O–H groups in total. The third-order valence-corrected chi connectivity index (χ3v) is 8.26. The second-order valence-corrected chi connectivity index (χ2v) is 12.2. The van der Waals surface area contributed by atoms with Crippen LogP contribution < -0.4 is 19.5 Å². The van der Waals surface area contributed by atoms with Crippen LogP contribution in [-0.4, -0.2) is 64.2 Å². The molecule has 9 nitrogen and oxygen atoms in total. The second kappa shape index (κ2) is 14.2. The van der Waals surface area contributed by atoms with Crippen molar-refractivity contribution in [3.8, 4) is 11.5 Å². The molecule has 0 aromatic heterocycles. The zero-order chi connectivity index (χ0) is 34.5. The number of carbonyl (C=O) groups excluding carboxylic acids is 2. The van der Waals surface area contributed by atoms with Crippen molar-refractivity contribution in [1.29, 1.82) is 0 Å². The summed E-state index contributed by atoms with van der Waals surface area (Å²) in [5.74, 6) is -3.39. The SMILES string of the molecule is CN(C)S(=O)(=O)NC(=O)C1=C(c2ccc(OC(F)F)cc2)C[C@](c2ccc(OCCCCCC(F)(F)F)cc2)(C(F)(F)F)NC1=O. The molecular weight excluding hydrogens is 658 g/mol. The van der Waals surface area contributed by atoms with Crippen LogP contribution in [0.15, 0.2) is 54.1 Å². The maximum Gasteiger partial charge on any atom is 0.416 e. The summed E-state index contributed by atoms with van der Waals surface area (Å²) in [6.45, 7) is -3.23. The standard InChI is InChI=1S/C28H29F8N3O6S/c1-39(2)46(42,43)38-24(41)22-21(17-6-10-20(11-7-17)45-25(29)30)16-26(28(34,35)36,37-23(22)40)18-8-12-19(13-9-18)44-15-5-3-4-14-27(31,32)33/h6-13,25H,3-5,14-16H2,1-2H3,(H,37,40)(H,38,41)/t26-/m0/s1. The molecule has 3 rings (SSSR count). The van der Waals surface area contributed by atoms with Gasteiger partial charge in [-0.25, -0.2) is 4.72 Å². The highest BCUT2D eigenvalue weighted by Gasteiger charge is 2.60. The fourth-order valence-electron chi connectivity index (χ4n) is 4.51. The van der Waals surface area contributed by atoms with Crippen molar-refractivity contribution in [2.75, 3.05) is 20.7 Å². The largest absolute Gasteiger partial charge is 0.494 e. The molecule has 0 saturated carbocycles. The molecule has 1 aliphatic rings. The summed E-state index contributed by atoms with van der Waals surface area (Å²) < 4.78 is 143. The molecular formula is C28H29F8N3O6S. The van der Waals surface area contributed by atoms with Crippen LogP contribution in [0, 0.1) is 0 Å². The molecule has 0 radical (unpaired) electrons. The maximum absolute atomic E-state index is 14.9. The maximum atomic E-state index is 14.9. The number of ether oxygens (including phenoxy) is 2. The first kappa shape index (κ1) is 36.5. The number of benzene rings is 2. The van der Waals surface area contributed by atoms with Crippen molar-refractivity contribution in [2.45, 2.75) is 56.6 Å². The average Bonchev–Trinajstić information content (AvgIpc) is 2.93. The normalized spacial score (nSPS) is 17.7. The molecule has 0 spiro atoms. The Hall–Kier alpha value is -3.93. The predicted octanol–water partition coefficient (Wildman–Crippen LogP) is 5.44. The van der Waals surface area contributed by atoms with Crippen molar-refractivity contribution >= 4 is 27.6 Å². The van der Waals surface area contributed by atoms with Crippen molar-refractivity contribution in [1.82, 2.24) is 14.3 Å². The van der Waals surface area contributed by atoms with Crippen LogP contribution in [0.3, 0.4) is 0 Å². The lowest BCUT2D eigenvalue weighted by Gasteiger charge is -2.41. The lowest BCUT2D eigenvalue weighted by Crippen LogP contribution is -2.60. The van der Waals surface area contributed by atoms with Gasteiger partial charge in [0.2, 0.25) is 0 Å². The summed E-state index contributed by atoms with van der Waals surface area (Å²) in [7, 11) is -2.38. The van der Waals surface area contributed by atoms with E-state index in [-0.39, 0.29) is 42.9 Å². The summed E-state index contributed by atoms with van der Waals surface area (Å²) >= 11 is 0. The molecule has 1 atom stereocenters. The van der Waals surface area contributed by atoms with Gasteiger partial charge >= 0.3 is 29.2 Å². The molecule has 254 valence electrons. The molecule has 0 bridgehead atoms. The van der Waals surface area contributed by atoms with E-state index in [2.05, 4.69) is 4.74 Å². The highest BCUT2D eigenvalue weighted by atomic mass is 32.2. The van der Waals surface area contributed by atoms with Crippen LogP contribution >= 0.6 is 0 Å². The van der Waals surface area contributed by atoms with E-state index < -0.39 is 76.1 Å². The summed E-state index contributed by atoms with van der Waals surface area (Å²) in [6, 6.07) is 8.34. The van der Waals surface area contributed by atoms with Gasteiger partial charge in [-0.1, -0.05) is 24.3 Å². The summed E-state index contributed by atoms with van der Waals surface area (Å²) in [5.41, 5.74) is -5.35. The number of nitrogens with one attached hydrogen (secondary N) is 2. The molecule has 1 aliphatic heterocycles. The first-order valence-corrected chi connectivity index (χ1v) is 14.9. The second-order valence-electron chi connectivity index (χ2n) is 10.3. The van der Waals surface area contributed by atoms with E-state index in [0.717, 1.165) is 62.6 Å². The summed E-state index contributed by atoms with van der Waals surface area (Å²) in [4.78, 5) is 26.4. The van der Waals surface area contributed by atoms with Gasteiger partial charge in [0.15, 0.2) is 5.54 Å². The van der Waals surface area contributed by atoms with Crippen LogP contribution in [0.1, 0.15) is 43.2 Å². The van der Waals surface area contributed by atoms with Crippen molar-refractivity contribution in [2.24, 2.45) is 0 Å². The molecule has 2 amide bonds. The van der Waals surface area contributed by atoms with E-state index in [9.17, 15) is 53.1 Å². The highest BCUT2D eigenvalue weighted by molar-refractivity contribution is 7.87. The number of nitrogens with zero attached hydrogens (tertiary/aromatic N) is 1. The smallest absolute Gasteiger partial charge is 0.416 e. The summed E-state index contributed by atoms with van der Waals surface area (Å²) in [6.07, 6.45) is -11.2. The first-order valence-electron chi connectivity index (χ1n) is 13.5. The number of unbranched alkanes of at least 4 members (excludes halogenated alkanes) is 2. The third-order valence-electron chi connectivity index (χ3n) is 6.86. The molecule has 18 heteroatoms. The van der Waals surface area contributed by atoms with E-state index in [0.29, 0.717) is 4.31 Å². The molecule has 0 aliphatic carbocycles. The van der Waals surface area contributed by atoms with Gasteiger partial charge in [0.25, 0.3) is 11.8 Å². The minimum atomic E-state index is -5.20. The van der Waals surface area contributed by atoms with Gasteiger partial charge in [0.05, 0.1) is 6.61 Å². The Morgan fingerprint density at radius 3 is 2.07 bits per heavy atom. The van der Waals surface area contributed by atoms with Gasteiger partial charge in [0, 0.05) is 26.9 Å². The molecule has 0 unspecified atom stereocenters. The van der Waals surface area contributed by atoms with Gasteiger partial charge in [-0.05, 0) is 60.2 Å². The van der Waals surface area contributed by atoms with Crippen LogP contribution in [-0.2, 0) is 25.3 Å². The zero-order valence-electron chi connectivity index (χ0n) is 24.3. The molecule has 1 heterocycles.